The minimum absolute atomic E-state index is 0. The average Bonchev–Trinajstić information content (AvgIpc) is 3.35. The first-order valence-electron chi connectivity index (χ1n) is 11.3. The second kappa shape index (κ2) is 7.98. The van der Waals surface area contributed by atoms with E-state index in [1.54, 1.807) is 16.7 Å². The van der Waals surface area contributed by atoms with Crippen molar-refractivity contribution in [1.29, 1.82) is 0 Å². The number of hydrogen-bond acceptors (Lipinski definition) is 0. The summed E-state index contributed by atoms with van der Waals surface area (Å²) in [5.74, 6) is 0.613. The van der Waals surface area contributed by atoms with Gasteiger partial charge in [-0.15, -0.1) is 39.7 Å². The molecule has 0 saturated heterocycles. The van der Waals surface area contributed by atoms with Gasteiger partial charge in [0.15, 0.2) is 0 Å². The normalized spacial score (nSPS) is 21.7. The molecular weight excluding hydrogens is 440 g/mol. The summed E-state index contributed by atoms with van der Waals surface area (Å²) in [6.45, 7) is 9.42. The molecule has 1 heteroatoms. The summed E-state index contributed by atoms with van der Waals surface area (Å²) in [6.07, 6.45) is 10.9. The summed E-state index contributed by atoms with van der Waals surface area (Å²) in [7, 11) is 0. The molecule has 0 aliphatic heterocycles. The van der Waals surface area contributed by atoms with Gasteiger partial charge in [-0.25, -0.2) is 5.57 Å². The summed E-state index contributed by atoms with van der Waals surface area (Å²) in [4.78, 5) is 0. The van der Waals surface area contributed by atoms with E-state index in [-0.39, 0.29) is 26.2 Å². The summed E-state index contributed by atoms with van der Waals surface area (Å²) in [5.41, 5.74) is 5.92. The Morgan fingerprint density at radius 1 is 0.867 bits per heavy atom. The Morgan fingerprint density at radius 2 is 1.40 bits per heavy atom. The van der Waals surface area contributed by atoms with E-state index in [0.717, 1.165) is 0 Å². The Kier molecular flexibility index (Phi) is 5.82. The molecule has 3 aromatic carbocycles. The van der Waals surface area contributed by atoms with Crippen molar-refractivity contribution in [2.75, 3.05) is 0 Å². The first-order chi connectivity index (χ1) is 13.9. The molecule has 0 nitrogen and oxygen atoms in total. The van der Waals surface area contributed by atoms with Crippen molar-refractivity contribution in [2.24, 2.45) is 16.7 Å². The van der Waals surface area contributed by atoms with Crippen LogP contribution in [-0.4, -0.2) is 0 Å². The summed E-state index contributed by atoms with van der Waals surface area (Å²) < 4.78 is 0. The predicted molar refractivity (Wildman–Crippen MR) is 125 cm³/mol. The molecule has 0 aromatic heterocycles. The van der Waals surface area contributed by atoms with E-state index < -0.39 is 0 Å². The van der Waals surface area contributed by atoms with Gasteiger partial charge < -0.3 is 0 Å². The van der Waals surface area contributed by atoms with E-state index in [0.29, 0.717) is 16.7 Å². The Bertz CT molecular complexity index is 1080. The van der Waals surface area contributed by atoms with Crippen LogP contribution in [0.25, 0.3) is 21.5 Å². The van der Waals surface area contributed by atoms with E-state index in [9.17, 15) is 0 Å². The van der Waals surface area contributed by atoms with Gasteiger partial charge in [-0.05, 0) is 18.3 Å². The third kappa shape index (κ3) is 3.33. The maximum atomic E-state index is 3.75. The van der Waals surface area contributed by atoms with E-state index in [1.807, 2.05) is 0 Å². The van der Waals surface area contributed by atoms with Crippen LogP contribution in [0, 0.1) is 22.8 Å². The van der Waals surface area contributed by atoms with Crippen LogP contribution in [-0.2, 0) is 26.2 Å². The SMILES string of the molecule is CC1[C-]=C2C(C(C)(C)C)=C1C21CCCCC1.[Zr+2].c1ccc2c(c1)[cH-]c1ccccc12. The van der Waals surface area contributed by atoms with Gasteiger partial charge in [0.05, 0.1) is 0 Å². The zero-order valence-electron chi connectivity index (χ0n) is 18.8. The largest absolute Gasteiger partial charge is 2.00 e. The van der Waals surface area contributed by atoms with Crippen molar-refractivity contribution in [2.45, 2.75) is 59.8 Å². The van der Waals surface area contributed by atoms with Gasteiger partial charge in [-0.3, -0.25) is 6.08 Å². The van der Waals surface area contributed by atoms with Crippen LogP contribution in [0.1, 0.15) is 59.8 Å². The van der Waals surface area contributed by atoms with Crippen LogP contribution >= 0.6 is 0 Å². The molecule has 0 amide bonds. The molecule has 0 heterocycles. The van der Waals surface area contributed by atoms with Gasteiger partial charge in [0.2, 0.25) is 0 Å². The van der Waals surface area contributed by atoms with E-state index in [2.05, 4.69) is 88.4 Å². The fourth-order valence-electron chi connectivity index (χ4n) is 6.17. The Morgan fingerprint density at radius 3 is 1.87 bits per heavy atom. The zero-order valence-corrected chi connectivity index (χ0v) is 21.3. The standard InChI is InChI=1S/C16H23.C13H9.Zr/c1-11-10-12-14(15(2,3)4)13(11)16(12)8-6-5-7-9-16;1-3-7-12-10(5-1)9-11-6-2-4-8-13(11)12;/h11H,5-9H2,1-4H3;1-9H;/q2*-1;+2. The third-order valence-electron chi connectivity index (χ3n) is 7.29. The van der Waals surface area contributed by atoms with Crippen LogP contribution in [0.4, 0.5) is 0 Å². The van der Waals surface area contributed by atoms with Crippen molar-refractivity contribution in [3.05, 3.63) is 77.4 Å². The molecular formula is C29H32Zr. The molecule has 0 N–H and O–H groups in total. The van der Waals surface area contributed by atoms with E-state index in [4.69, 9.17) is 0 Å². The summed E-state index contributed by atoms with van der Waals surface area (Å²) >= 11 is 0. The number of benzene rings is 2. The monoisotopic (exact) mass is 470 g/mol. The number of hydrogen-bond donors (Lipinski definition) is 0. The summed E-state index contributed by atoms with van der Waals surface area (Å²) in [6, 6.07) is 19.3. The van der Waals surface area contributed by atoms with Gasteiger partial charge in [0.25, 0.3) is 0 Å². The van der Waals surface area contributed by atoms with E-state index in [1.165, 1.54) is 53.6 Å². The Balaban J connectivity index is 0.000000143. The van der Waals surface area contributed by atoms with Gasteiger partial charge in [-0.2, -0.15) is 11.1 Å². The first-order valence-corrected chi connectivity index (χ1v) is 11.3. The quantitative estimate of drug-likeness (QED) is 0.289. The van der Waals surface area contributed by atoms with E-state index >= 15 is 0 Å². The van der Waals surface area contributed by atoms with Gasteiger partial charge in [0, 0.05) is 0 Å². The fraction of sp³-hybridized carbons (Fsp3) is 0.414. The van der Waals surface area contributed by atoms with Crippen molar-refractivity contribution < 1.29 is 26.2 Å². The second-order valence-corrected chi connectivity index (χ2v) is 10.2. The molecule has 0 radical (unpaired) electrons. The van der Waals surface area contributed by atoms with Crippen LogP contribution in [0.3, 0.4) is 0 Å². The molecule has 1 atom stereocenters. The number of rotatable bonds is 0. The molecule has 4 aliphatic carbocycles. The Hall–Kier alpha value is -1.33. The molecule has 1 fully saturated rings. The molecule has 1 saturated carbocycles. The number of fused-ring (bicyclic) bond motifs is 4. The fourth-order valence-corrected chi connectivity index (χ4v) is 6.17. The first kappa shape index (κ1) is 21.9. The zero-order chi connectivity index (χ0) is 20.2. The molecule has 152 valence electrons. The van der Waals surface area contributed by atoms with Crippen molar-refractivity contribution >= 4 is 21.5 Å². The second-order valence-electron chi connectivity index (χ2n) is 10.2. The molecule has 7 rings (SSSR count). The molecule has 30 heavy (non-hydrogen) atoms. The van der Waals surface area contributed by atoms with Gasteiger partial charge >= 0.3 is 26.2 Å². The molecule has 3 aromatic rings. The smallest absolute Gasteiger partial charge is 0.265 e. The van der Waals surface area contributed by atoms with Gasteiger partial charge in [-0.1, -0.05) is 94.7 Å². The van der Waals surface area contributed by atoms with Crippen molar-refractivity contribution in [1.82, 2.24) is 0 Å². The summed E-state index contributed by atoms with van der Waals surface area (Å²) in [5, 5.41) is 5.39. The third-order valence-corrected chi connectivity index (χ3v) is 7.29. The Labute approximate surface area is 200 Å². The maximum Gasteiger partial charge on any atom is 2.00 e. The van der Waals surface area contributed by atoms with Crippen molar-refractivity contribution in [3.8, 4) is 0 Å². The maximum absolute atomic E-state index is 3.75. The van der Waals surface area contributed by atoms with Crippen LogP contribution in [0.15, 0.2) is 71.3 Å². The molecule has 1 spiro atoms. The predicted octanol–water partition coefficient (Wildman–Crippen LogP) is 8.38. The average molecular weight is 472 g/mol. The molecule has 2 bridgehead atoms. The van der Waals surface area contributed by atoms with Crippen LogP contribution in [0.2, 0.25) is 0 Å². The minimum atomic E-state index is 0. The molecule has 1 unspecified atom stereocenters. The molecule has 4 aliphatic rings. The minimum Gasteiger partial charge on any atom is -0.265 e. The van der Waals surface area contributed by atoms with Gasteiger partial charge in [0.1, 0.15) is 0 Å². The van der Waals surface area contributed by atoms with Crippen LogP contribution in [0.5, 0.6) is 0 Å². The topological polar surface area (TPSA) is 0 Å². The van der Waals surface area contributed by atoms with Crippen LogP contribution < -0.4 is 0 Å². The van der Waals surface area contributed by atoms with Crippen molar-refractivity contribution in [3.63, 3.8) is 0 Å². The number of allylic oxidation sites excluding steroid dienone is 4.